The highest BCUT2D eigenvalue weighted by molar-refractivity contribution is 6.35. The predicted octanol–water partition coefficient (Wildman–Crippen LogP) is 1.80. The highest BCUT2D eigenvalue weighted by atomic mass is 35.5. The van der Waals surface area contributed by atoms with Gasteiger partial charge in [-0.15, -0.1) is 10.2 Å². The van der Waals surface area contributed by atoms with Crippen LogP contribution >= 0.6 is 23.2 Å². The Morgan fingerprint density at radius 2 is 1.94 bits per heavy atom. The molecule has 7 heteroatoms. The van der Waals surface area contributed by atoms with Gasteiger partial charge in [0.25, 0.3) is 0 Å². The summed E-state index contributed by atoms with van der Waals surface area (Å²) in [6.07, 6.45) is 0. The normalized spacial score (nSPS) is 10.6. The van der Waals surface area contributed by atoms with Gasteiger partial charge in [0.05, 0.1) is 6.54 Å². The van der Waals surface area contributed by atoms with Gasteiger partial charge in [0.15, 0.2) is 5.82 Å². The van der Waals surface area contributed by atoms with Gasteiger partial charge < -0.3 is 5.32 Å². The molecule has 0 bridgehead atoms. The van der Waals surface area contributed by atoms with Crippen LogP contribution in [0.15, 0.2) is 18.2 Å². The Labute approximate surface area is 102 Å². The molecule has 84 valence electrons. The van der Waals surface area contributed by atoms with E-state index in [9.17, 15) is 0 Å². The topological polar surface area (TPSA) is 66.5 Å². The van der Waals surface area contributed by atoms with Crippen LogP contribution in [0.3, 0.4) is 0 Å². The van der Waals surface area contributed by atoms with Crippen LogP contribution in [0.1, 0.15) is 11.4 Å². The summed E-state index contributed by atoms with van der Waals surface area (Å²) in [6.45, 7) is 1.07. The molecule has 2 rings (SSSR count). The lowest BCUT2D eigenvalue weighted by atomic mass is 10.2. The SMILES string of the molecule is Clc1cccc(Cl)c1CNCc1nn[nH]n1. The van der Waals surface area contributed by atoms with E-state index in [0.717, 1.165) is 5.56 Å². The second-order valence-electron chi connectivity index (χ2n) is 3.13. The maximum atomic E-state index is 6.02. The van der Waals surface area contributed by atoms with Crippen LogP contribution in [0, 0.1) is 0 Å². The standard InChI is InChI=1S/C9H9Cl2N5/c10-7-2-1-3-8(11)6(7)4-12-5-9-13-15-16-14-9/h1-3,12H,4-5H2,(H,13,14,15,16). The van der Waals surface area contributed by atoms with Gasteiger partial charge in [0, 0.05) is 22.2 Å². The molecule has 0 aliphatic carbocycles. The van der Waals surface area contributed by atoms with Crippen molar-refractivity contribution in [2.75, 3.05) is 0 Å². The molecule has 0 spiro atoms. The third kappa shape index (κ3) is 2.69. The van der Waals surface area contributed by atoms with Gasteiger partial charge in [-0.1, -0.05) is 34.5 Å². The van der Waals surface area contributed by atoms with Crippen molar-refractivity contribution in [2.24, 2.45) is 0 Å². The molecule has 1 aromatic carbocycles. The molecule has 2 N–H and O–H groups in total. The fourth-order valence-electron chi connectivity index (χ4n) is 1.26. The van der Waals surface area contributed by atoms with Crippen LogP contribution in [0.5, 0.6) is 0 Å². The van der Waals surface area contributed by atoms with Gasteiger partial charge in [-0.05, 0) is 12.1 Å². The van der Waals surface area contributed by atoms with Crippen LogP contribution in [0.4, 0.5) is 0 Å². The zero-order valence-corrected chi connectivity index (χ0v) is 9.76. The summed E-state index contributed by atoms with van der Waals surface area (Å²) in [7, 11) is 0. The Kier molecular flexibility index (Phi) is 3.71. The molecule has 0 atom stereocenters. The third-order valence-electron chi connectivity index (χ3n) is 2.04. The van der Waals surface area contributed by atoms with Gasteiger partial charge in [0.2, 0.25) is 0 Å². The second kappa shape index (κ2) is 5.25. The molecular formula is C9H9Cl2N5. The van der Waals surface area contributed by atoms with Gasteiger partial charge >= 0.3 is 0 Å². The lowest BCUT2D eigenvalue weighted by Gasteiger charge is -2.06. The number of aromatic amines is 1. The summed E-state index contributed by atoms with van der Waals surface area (Å²) in [4.78, 5) is 0. The van der Waals surface area contributed by atoms with Crippen LogP contribution in [0.2, 0.25) is 10.0 Å². The first-order valence-electron chi connectivity index (χ1n) is 4.63. The molecule has 0 saturated carbocycles. The predicted molar refractivity (Wildman–Crippen MR) is 61.2 cm³/mol. The first kappa shape index (κ1) is 11.3. The monoisotopic (exact) mass is 257 g/mol. The van der Waals surface area contributed by atoms with Crippen molar-refractivity contribution in [1.29, 1.82) is 0 Å². The number of H-pyrrole nitrogens is 1. The van der Waals surface area contributed by atoms with Crippen molar-refractivity contribution < 1.29 is 0 Å². The highest BCUT2D eigenvalue weighted by Gasteiger charge is 2.05. The number of hydrogen-bond acceptors (Lipinski definition) is 4. The van der Waals surface area contributed by atoms with Crippen LogP contribution in [0.25, 0.3) is 0 Å². The van der Waals surface area contributed by atoms with E-state index < -0.39 is 0 Å². The van der Waals surface area contributed by atoms with Crippen LogP contribution in [-0.2, 0) is 13.1 Å². The zero-order valence-electron chi connectivity index (χ0n) is 8.24. The summed E-state index contributed by atoms with van der Waals surface area (Å²) in [5.41, 5.74) is 0.870. The average molecular weight is 258 g/mol. The first-order valence-corrected chi connectivity index (χ1v) is 5.39. The van der Waals surface area contributed by atoms with Gasteiger partial charge in [0.1, 0.15) is 0 Å². The quantitative estimate of drug-likeness (QED) is 0.877. The smallest absolute Gasteiger partial charge is 0.188 e. The minimum atomic E-state index is 0.512. The van der Waals surface area contributed by atoms with E-state index in [-0.39, 0.29) is 0 Å². The van der Waals surface area contributed by atoms with Crippen molar-refractivity contribution in [3.8, 4) is 0 Å². The summed E-state index contributed by atoms with van der Waals surface area (Å²) in [5.74, 6) is 0.600. The van der Waals surface area contributed by atoms with Gasteiger partial charge in [-0.25, -0.2) is 0 Å². The maximum Gasteiger partial charge on any atom is 0.188 e. The largest absolute Gasteiger partial charge is 0.305 e. The molecule has 0 aliphatic heterocycles. The number of benzene rings is 1. The van der Waals surface area contributed by atoms with Crippen molar-refractivity contribution in [1.82, 2.24) is 25.9 Å². The van der Waals surface area contributed by atoms with Crippen molar-refractivity contribution in [2.45, 2.75) is 13.1 Å². The Bertz CT molecular complexity index is 437. The third-order valence-corrected chi connectivity index (χ3v) is 2.74. The maximum absolute atomic E-state index is 6.02. The molecule has 0 aliphatic rings. The number of rotatable bonds is 4. The number of hydrogen-bond donors (Lipinski definition) is 2. The second-order valence-corrected chi connectivity index (χ2v) is 3.95. The summed E-state index contributed by atoms with van der Waals surface area (Å²) in [5, 5.41) is 17.9. The Balaban J connectivity index is 1.95. The minimum absolute atomic E-state index is 0.512. The zero-order chi connectivity index (χ0) is 11.4. The van der Waals surface area contributed by atoms with E-state index in [1.54, 1.807) is 12.1 Å². The summed E-state index contributed by atoms with van der Waals surface area (Å²) >= 11 is 12.0. The lowest BCUT2D eigenvalue weighted by molar-refractivity contribution is 0.664. The molecule has 0 unspecified atom stereocenters. The number of nitrogens with one attached hydrogen (secondary N) is 2. The fraction of sp³-hybridized carbons (Fsp3) is 0.222. The summed E-state index contributed by atoms with van der Waals surface area (Å²) < 4.78 is 0. The molecule has 0 amide bonds. The van der Waals surface area contributed by atoms with Crippen molar-refractivity contribution >= 4 is 23.2 Å². The minimum Gasteiger partial charge on any atom is -0.305 e. The molecule has 16 heavy (non-hydrogen) atoms. The van der Waals surface area contributed by atoms with Gasteiger partial charge in [-0.3, -0.25) is 0 Å². The van der Waals surface area contributed by atoms with E-state index in [0.29, 0.717) is 29.0 Å². The highest BCUT2D eigenvalue weighted by Crippen LogP contribution is 2.23. The number of tetrazole rings is 1. The molecular weight excluding hydrogens is 249 g/mol. The Hall–Kier alpha value is -1.17. The Morgan fingerprint density at radius 1 is 1.19 bits per heavy atom. The van der Waals surface area contributed by atoms with Gasteiger partial charge in [-0.2, -0.15) is 5.21 Å². The van der Waals surface area contributed by atoms with E-state index >= 15 is 0 Å². The molecule has 2 aromatic rings. The lowest BCUT2D eigenvalue weighted by Crippen LogP contribution is -2.14. The molecule has 1 aromatic heterocycles. The molecule has 5 nitrogen and oxygen atoms in total. The van der Waals surface area contributed by atoms with Crippen molar-refractivity contribution in [3.63, 3.8) is 0 Å². The average Bonchev–Trinajstić information content (AvgIpc) is 2.75. The molecule has 0 fully saturated rings. The summed E-state index contributed by atoms with van der Waals surface area (Å²) in [6, 6.07) is 5.42. The number of nitrogens with zero attached hydrogens (tertiary/aromatic N) is 3. The fourth-order valence-corrected chi connectivity index (χ4v) is 1.79. The van der Waals surface area contributed by atoms with E-state index in [1.165, 1.54) is 0 Å². The van der Waals surface area contributed by atoms with E-state index in [1.807, 2.05) is 6.07 Å². The first-order chi connectivity index (χ1) is 7.77. The Morgan fingerprint density at radius 3 is 2.56 bits per heavy atom. The van der Waals surface area contributed by atoms with E-state index in [2.05, 4.69) is 25.9 Å². The number of aromatic nitrogens is 4. The molecule has 1 heterocycles. The van der Waals surface area contributed by atoms with Crippen molar-refractivity contribution in [3.05, 3.63) is 39.6 Å². The molecule has 0 saturated heterocycles. The molecule has 0 radical (unpaired) electrons. The van der Waals surface area contributed by atoms with Crippen LogP contribution < -0.4 is 5.32 Å². The van der Waals surface area contributed by atoms with Crippen LogP contribution in [-0.4, -0.2) is 20.6 Å². The van der Waals surface area contributed by atoms with E-state index in [4.69, 9.17) is 23.2 Å². The number of halogens is 2.